The molecule has 0 atom stereocenters. The molecule has 4 aromatic rings. The molecule has 0 aromatic carbocycles. The van der Waals surface area contributed by atoms with E-state index in [-0.39, 0.29) is 0 Å². The summed E-state index contributed by atoms with van der Waals surface area (Å²) >= 11 is 0. The predicted molar refractivity (Wildman–Crippen MR) is 205 cm³/mol. The molecule has 48 heavy (non-hydrogen) atoms. The van der Waals surface area contributed by atoms with E-state index < -0.39 is 0 Å². The van der Waals surface area contributed by atoms with E-state index in [1.54, 1.807) is 0 Å². The van der Waals surface area contributed by atoms with Crippen LogP contribution in [0.5, 0.6) is 0 Å². The van der Waals surface area contributed by atoms with E-state index in [1.807, 2.05) is 0 Å². The van der Waals surface area contributed by atoms with E-state index in [4.69, 9.17) is 17.7 Å². The summed E-state index contributed by atoms with van der Waals surface area (Å²) in [5.41, 5.74) is 14.4. The van der Waals surface area contributed by atoms with Crippen molar-refractivity contribution in [2.45, 2.75) is 107 Å². The van der Waals surface area contributed by atoms with Crippen molar-refractivity contribution in [2.75, 3.05) is 0 Å². The Balaban J connectivity index is 1.75. The second kappa shape index (κ2) is 16.1. The molecular weight excluding hydrogens is 592 g/mol. The minimum absolute atomic E-state index is 0.914. The van der Waals surface area contributed by atoms with Crippen LogP contribution in [-0.2, 0) is 51.4 Å². The number of allylic oxidation sites excluding steroid dienone is 4. The molecule has 5 heterocycles. The third kappa shape index (κ3) is 6.90. The number of furan rings is 4. The van der Waals surface area contributed by atoms with Gasteiger partial charge in [-0.25, -0.2) is 0 Å². The molecule has 0 saturated heterocycles. The first-order chi connectivity index (χ1) is 23.5. The van der Waals surface area contributed by atoms with Gasteiger partial charge in [-0.1, -0.05) is 55.4 Å². The Labute approximate surface area is 285 Å². The summed E-state index contributed by atoms with van der Waals surface area (Å²) in [6.45, 7) is 17.7. The van der Waals surface area contributed by atoms with Crippen molar-refractivity contribution in [3.63, 3.8) is 0 Å². The summed E-state index contributed by atoms with van der Waals surface area (Å²) in [4.78, 5) is 0. The van der Waals surface area contributed by atoms with Crippen LogP contribution < -0.4 is 21.7 Å². The molecule has 0 fully saturated rings. The third-order valence-electron chi connectivity index (χ3n) is 9.64. The average molecular weight is 647 g/mol. The molecule has 252 valence electrons. The van der Waals surface area contributed by atoms with E-state index in [2.05, 4.69) is 128 Å². The average Bonchev–Trinajstić information content (AvgIpc) is 3.83. The zero-order chi connectivity index (χ0) is 34.2. The van der Waals surface area contributed by atoms with Gasteiger partial charge >= 0.3 is 0 Å². The highest BCUT2D eigenvalue weighted by Crippen LogP contribution is 2.28. The molecule has 4 heteroatoms. The van der Waals surface area contributed by atoms with Gasteiger partial charge in [0, 0.05) is 46.6 Å². The molecule has 0 unspecified atom stereocenters. The smallest absolute Gasteiger partial charge is 0.264 e. The highest BCUT2D eigenvalue weighted by Gasteiger charge is 2.18. The van der Waals surface area contributed by atoms with Crippen molar-refractivity contribution in [1.82, 2.24) is 0 Å². The Morgan fingerprint density at radius 1 is 0.333 bits per heavy atom. The number of hydrogen-bond donors (Lipinski definition) is 0. The monoisotopic (exact) mass is 646 g/mol. The molecule has 2 N–H and O–H groups in total. The second-order valence-corrected chi connectivity index (χ2v) is 12.2. The van der Waals surface area contributed by atoms with Crippen molar-refractivity contribution in [3.05, 3.63) is 114 Å². The molecule has 0 spiro atoms. The lowest BCUT2D eigenvalue weighted by Crippen LogP contribution is -2.04. The lowest BCUT2D eigenvalue weighted by Gasteiger charge is -1.97. The fraction of sp³-hybridized carbons (Fsp3) is 0.364. The van der Waals surface area contributed by atoms with Gasteiger partial charge in [-0.2, -0.15) is 0 Å². The van der Waals surface area contributed by atoms with Gasteiger partial charge in [-0.3, -0.25) is 0 Å². The minimum Gasteiger partial charge on any atom is -0.546 e. The maximum Gasteiger partial charge on any atom is 0.264 e. The number of rotatable bonds is 8. The summed E-state index contributed by atoms with van der Waals surface area (Å²) in [5, 5.41) is 0. The summed E-state index contributed by atoms with van der Waals surface area (Å²) in [7, 11) is 0. The molecule has 8 bridgehead atoms. The standard InChI is InChI=1S/C44H52O4/c1-9-29-30(10-2)38-22-18-24-40-33(13-5)34(14-6)42(47-40)26-20-28-44-36(16-8)35(15-7)43(48-44)27-19-25-41-32(12-4)31(11-3)39(46-41)23-17-21-37(29)45-38/h17-28H,9-16H2,1-8H3/p+2. The van der Waals surface area contributed by atoms with Crippen molar-refractivity contribution >= 4 is 48.6 Å². The maximum atomic E-state index is 6.50. The first-order valence-corrected chi connectivity index (χ1v) is 18.2. The van der Waals surface area contributed by atoms with Gasteiger partial charge in [-0.05, 0) is 100.0 Å². The van der Waals surface area contributed by atoms with Gasteiger partial charge in [-0.15, -0.1) is 0 Å². The fourth-order valence-electron chi connectivity index (χ4n) is 7.35. The molecule has 4 nitrogen and oxygen atoms in total. The molecule has 0 amide bonds. The molecule has 4 aromatic heterocycles. The highest BCUT2D eigenvalue weighted by atomic mass is 16.3. The molecule has 0 aliphatic carbocycles. The largest absolute Gasteiger partial charge is 0.546 e. The van der Waals surface area contributed by atoms with Crippen LogP contribution in [0, 0.1) is 0 Å². The second-order valence-electron chi connectivity index (χ2n) is 12.2. The molecule has 0 saturated carbocycles. The van der Waals surface area contributed by atoms with Crippen LogP contribution >= 0.6 is 0 Å². The van der Waals surface area contributed by atoms with E-state index in [1.165, 1.54) is 44.5 Å². The van der Waals surface area contributed by atoms with E-state index in [0.717, 1.165) is 96.1 Å². The molecule has 1 aliphatic heterocycles. The third-order valence-corrected chi connectivity index (χ3v) is 9.64. The van der Waals surface area contributed by atoms with E-state index in [0.29, 0.717) is 0 Å². The first-order valence-electron chi connectivity index (χ1n) is 18.2. The molecular formula is C44H54O4+2. The van der Waals surface area contributed by atoms with Crippen molar-refractivity contribution in [1.29, 1.82) is 0 Å². The highest BCUT2D eigenvalue weighted by molar-refractivity contribution is 5.66. The lowest BCUT2D eigenvalue weighted by molar-refractivity contribution is 0.496. The summed E-state index contributed by atoms with van der Waals surface area (Å²) in [5.74, 6) is 3.68. The Kier molecular flexibility index (Phi) is 11.7. The Morgan fingerprint density at radius 2 is 0.542 bits per heavy atom. The molecule has 0 radical (unpaired) electrons. The topological polar surface area (TPSA) is 51.9 Å². The van der Waals surface area contributed by atoms with Gasteiger partial charge in [0.05, 0.1) is 22.3 Å². The zero-order valence-electron chi connectivity index (χ0n) is 30.3. The molecule has 5 rings (SSSR count). The Bertz CT molecular complexity index is 1810. The van der Waals surface area contributed by atoms with Crippen molar-refractivity contribution in [3.8, 4) is 0 Å². The van der Waals surface area contributed by atoms with Gasteiger partial charge < -0.3 is 17.7 Å². The zero-order valence-corrected chi connectivity index (χ0v) is 30.3. The van der Waals surface area contributed by atoms with Crippen LogP contribution in [0.25, 0.3) is 48.6 Å². The maximum absolute atomic E-state index is 6.50. The van der Waals surface area contributed by atoms with Crippen LogP contribution in [0.2, 0.25) is 0 Å². The predicted octanol–water partition coefficient (Wildman–Crippen LogP) is 9.07. The number of hydrogen-bond acceptors (Lipinski definition) is 2. The van der Waals surface area contributed by atoms with Crippen LogP contribution in [0.1, 0.15) is 123 Å². The quantitative estimate of drug-likeness (QED) is 0.179. The first kappa shape index (κ1) is 34.9. The fourth-order valence-corrected chi connectivity index (χ4v) is 7.35. The summed E-state index contributed by atoms with van der Waals surface area (Å²) in [6, 6.07) is 0. The van der Waals surface area contributed by atoms with Gasteiger partial charge in [0.25, 0.3) is 21.7 Å². The summed E-state index contributed by atoms with van der Waals surface area (Å²) in [6.07, 6.45) is 32.7. The minimum atomic E-state index is 0.914. The van der Waals surface area contributed by atoms with Gasteiger partial charge in [0.2, 0.25) is 0 Å². The van der Waals surface area contributed by atoms with Crippen molar-refractivity contribution in [2.24, 2.45) is 0 Å². The number of fused-ring (bicyclic) bond motifs is 8. The van der Waals surface area contributed by atoms with Crippen molar-refractivity contribution < 1.29 is 17.7 Å². The SMILES string of the molecule is CCc1c2oc(c1CC)C=CC=c1[oH+]c(c(CC)c1CC)=CC=Cc1oc(c(CC)c1CC)C=CC=c1[oH+]c(c(CC)c1CC)=CC=C2. The van der Waals surface area contributed by atoms with Crippen LogP contribution in [0.3, 0.4) is 0 Å². The normalized spacial score (nSPS) is 13.2. The van der Waals surface area contributed by atoms with Crippen LogP contribution in [0.4, 0.5) is 0 Å². The van der Waals surface area contributed by atoms with E-state index >= 15 is 0 Å². The van der Waals surface area contributed by atoms with Crippen LogP contribution in [-0.4, -0.2) is 0 Å². The van der Waals surface area contributed by atoms with E-state index in [9.17, 15) is 0 Å². The Hall–Kier alpha value is -4.44. The Morgan fingerprint density at radius 3 is 0.729 bits per heavy atom. The van der Waals surface area contributed by atoms with Crippen LogP contribution in [0.15, 0.2) is 42.0 Å². The molecule has 1 aliphatic rings. The summed E-state index contributed by atoms with van der Waals surface area (Å²) < 4.78 is 23.2. The van der Waals surface area contributed by atoms with Gasteiger partial charge in [0.1, 0.15) is 23.0 Å². The lowest BCUT2D eigenvalue weighted by atomic mass is 10.0. The van der Waals surface area contributed by atoms with Gasteiger partial charge in [0.15, 0.2) is 0 Å².